The topological polar surface area (TPSA) is 55.3 Å². The van der Waals surface area contributed by atoms with Crippen molar-refractivity contribution in [1.29, 1.82) is 0 Å². The van der Waals surface area contributed by atoms with E-state index in [4.69, 9.17) is 14.2 Å². The Kier molecular flexibility index (Phi) is 11.5. The molecule has 27 heavy (non-hydrogen) atoms. The number of rotatable bonds is 9. The molecule has 1 heterocycles. The Balaban J connectivity index is 0.00000364. The highest BCUT2D eigenvalue weighted by Crippen LogP contribution is 2.28. The first-order valence-electron chi connectivity index (χ1n) is 9.46. The summed E-state index contributed by atoms with van der Waals surface area (Å²) in [7, 11) is 5.29. The Hall–Kier alpha value is -1.22. The lowest BCUT2D eigenvalue weighted by atomic mass is 10.1. The van der Waals surface area contributed by atoms with Gasteiger partial charge in [0.2, 0.25) is 0 Å². The monoisotopic (exact) mass is 491 g/mol. The third-order valence-electron chi connectivity index (χ3n) is 4.65. The minimum Gasteiger partial charge on any atom is -0.493 e. The van der Waals surface area contributed by atoms with E-state index in [0.29, 0.717) is 12.5 Å². The van der Waals surface area contributed by atoms with Crippen LogP contribution in [0.25, 0.3) is 0 Å². The molecule has 0 saturated carbocycles. The fraction of sp³-hybridized carbons (Fsp3) is 0.650. The summed E-state index contributed by atoms with van der Waals surface area (Å²) in [6.45, 7) is 6.41. The molecule has 0 spiro atoms. The molecule has 0 bridgehead atoms. The molecule has 0 aliphatic carbocycles. The van der Waals surface area contributed by atoms with Crippen LogP contribution in [0.1, 0.15) is 25.3 Å². The van der Waals surface area contributed by atoms with Gasteiger partial charge in [0.25, 0.3) is 0 Å². The van der Waals surface area contributed by atoms with Crippen molar-refractivity contribution in [3.05, 3.63) is 23.8 Å². The molecule has 1 aliphatic rings. The Morgan fingerprint density at radius 1 is 1.30 bits per heavy atom. The minimum absolute atomic E-state index is 0. The molecule has 2 rings (SSSR count). The van der Waals surface area contributed by atoms with E-state index in [1.165, 1.54) is 12.0 Å². The Morgan fingerprint density at radius 3 is 2.78 bits per heavy atom. The molecule has 6 nitrogen and oxygen atoms in total. The Bertz CT molecular complexity index is 584. The molecule has 7 heteroatoms. The largest absolute Gasteiger partial charge is 0.493 e. The summed E-state index contributed by atoms with van der Waals surface area (Å²) < 4.78 is 16.3. The van der Waals surface area contributed by atoms with Crippen molar-refractivity contribution in [2.45, 2.75) is 26.2 Å². The van der Waals surface area contributed by atoms with Crippen LogP contribution in [0.15, 0.2) is 23.2 Å². The van der Waals surface area contributed by atoms with Crippen LogP contribution in [-0.2, 0) is 11.2 Å². The quantitative estimate of drug-likeness (QED) is 0.249. The van der Waals surface area contributed by atoms with Crippen LogP contribution in [-0.4, -0.2) is 65.0 Å². The van der Waals surface area contributed by atoms with Gasteiger partial charge < -0.3 is 24.4 Å². The molecule has 1 atom stereocenters. The first-order chi connectivity index (χ1) is 12.7. The maximum Gasteiger partial charge on any atom is 0.193 e. The van der Waals surface area contributed by atoms with Gasteiger partial charge in [0.05, 0.1) is 20.3 Å². The number of nitrogens with zero attached hydrogens (tertiary/aromatic N) is 2. The third-order valence-corrected chi connectivity index (χ3v) is 4.65. The van der Waals surface area contributed by atoms with E-state index < -0.39 is 0 Å². The van der Waals surface area contributed by atoms with Crippen LogP contribution in [0.2, 0.25) is 0 Å². The zero-order valence-electron chi connectivity index (χ0n) is 17.0. The molecule has 1 aromatic rings. The smallest absolute Gasteiger partial charge is 0.193 e. The van der Waals surface area contributed by atoms with Gasteiger partial charge in [-0.25, -0.2) is 0 Å². The summed E-state index contributed by atoms with van der Waals surface area (Å²) in [4.78, 5) is 6.75. The number of hydrogen-bond donors (Lipinski definition) is 1. The average Bonchev–Trinajstić information content (AvgIpc) is 3.11. The fourth-order valence-corrected chi connectivity index (χ4v) is 3.37. The molecule has 1 fully saturated rings. The van der Waals surface area contributed by atoms with Crippen LogP contribution in [0.3, 0.4) is 0 Å². The lowest BCUT2D eigenvalue weighted by Gasteiger charge is -2.21. The van der Waals surface area contributed by atoms with E-state index in [-0.39, 0.29) is 24.0 Å². The molecule has 1 aromatic carbocycles. The number of aliphatic imine (C=N–C) groups is 1. The van der Waals surface area contributed by atoms with Crippen molar-refractivity contribution in [3.63, 3.8) is 0 Å². The van der Waals surface area contributed by atoms with Gasteiger partial charge in [-0.15, -0.1) is 24.0 Å². The van der Waals surface area contributed by atoms with Gasteiger partial charge >= 0.3 is 0 Å². The zero-order chi connectivity index (χ0) is 18.8. The molecule has 1 N–H and O–H groups in total. The van der Waals surface area contributed by atoms with Gasteiger partial charge in [0.15, 0.2) is 17.5 Å². The molecule has 0 aromatic heterocycles. The van der Waals surface area contributed by atoms with Crippen LogP contribution in [0, 0.1) is 5.92 Å². The number of methoxy groups -OCH3 is 2. The molecule has 1 saturated heterocycles. The Morgan fingerprint density at radius 2 is 2.11 bits per heavy atom. The number of aryl methyl sites for hydroxylation is 1. The fourth-order valence-electron chi connectivity index (χ4n) is 3.37. The number of benzene rings is 1. The Labute approximate surface area is 180 Å². The van der Waals surface area contributed by atoms with Crippen LogP contribution in [0.4, 0.5) is 0 Å². The predicted molar refractivity (Wildman–Crippen MR) is 121 cm³/mol. The normalized spacial score (nSPS) is 16.8. The van der Waals surface area contributed by atoms with Crippen molar-refractivity contribution in [2.24, 2.45) is 10.9 Å². The number of hydrogen-bond acceptors (Lipinski definition) is 4. The highest BCUT2D eigenvalue weighted by atomic mass is 127. The van der Waals surface area contributed by atoms with E-state index in [1.54, 1.807) is 14.2 Å². The molecule has 1 unspecified atom stereocenters. The maximum atomic E-state index is 5.65. The molecule has 0 amide bonds. The second-order valence-electron chi connectivity index (χ2n) is 6.55. The first-order valence-corrected chi connectivity index (χ1v) is 9.46. The number of likely N-dealkylation sites (tertiary alicyclic amines) is 1. The van der Waals surface area contributed by atoms with Crippen LogP contribution in [0.5, 0.6) is 11.5 Å². The van der Waals surface area contributed by atoms with Crippen molar-refractivity contribution in [3.8, 4) is 11.5 Å². The summed E-state index contributed by atoms with van der Waals surface area (Å²) in [5, 5.41) is 3.49. The maximum absolute atomic E-state index is 5.65. The molecule has 0 radical (unpaired) electrons. The summed E-state index contributed by atoms with van der Waals surface area (Å²) in [6, 6.07) is 6.16. The highest BCUT2D eigenvalue weighted by molar-refractivity contribution is 14.0. The van der Waals surface area contributed by atoms with Crippen molar-refractivity contribution in [2.75, 3.05) is 54.1 Å². The average molecular weight is 491 g/mol. The number of guanidine groups is 1. The van der Waals surface area contributed by atoms with Crippen LogP contribution >= 0.6 is 24.0 Å². The molecular weight excluding hydrogens is 457 g/mol. The highest BCUT2D eigenvalue weighted by Gasteiger charge is 2.24. The third kappa shape index (κ3) is 7.37. The lowest BCUT2D eigenvalue weighted by molar-refractivity contribution is 0.157. The summed E-state index contributed by atoms with van der Waals surface area (Å²) >= 11 is 0. The van der Waals surface area contributed by atoms with Gasteiger partial charge in [-0.05, 0) is 43.9 Å². The molecule has 154 valence electrons. The van der Waals surface area contributed by atoms with Gasteiger partial charge in [0.1, 0.15) is 0 Å². The van der Waals surface area contributed by atoms with E-state index >= 15 is 0 Å². The zero-order valence-corrected chi connectivity index (χ0v) is 19.3. The summed E-state index contributed by atoms with van der Waals surface area (Å²) in [5.74, 6) is 3.20. The van der Waals surface area contributed by atoms with E-state index in [9.17, 15) is 0 Å². The summed E-state index contributed by atoms with van der Waals surface area (Å²) in [5.41, 5.74) is 1.26. The van der Waals surface area contributed by atoms with E-state index in [1.807, 2.05) is 20.0 Å². The lowest BCUT2D eigenvalue weighted by Crippen LogP contribution is -2.40. The van der Waals surface area contributed by atoms with Crippen molar-refractivity contribution in [1.82, 2.24) is 10.2 Å². The SMILES string of the molecule is CCOc1cc(CCCNC(=NC)N2CCC(COC)C2)ccc1OC.I. The van der Waals surface area contributed by atoms with Gasteiger partial charge in [-0.1, -0.05) is 6.07 Å². The van der Waals surface area contributed by atoms with Crippen molar-refractivity contribution < 1.29 is 14.2 Å². The predicted octanol–water partition coefficient (Wildman–Crippen LogP) is 3.19. The molecule has 1 aliphatic heterocycles. The second kappa shape index (κ2) is 13.0. The second-order valence-corrected chi connectivity index (χ2v) is 6.55. The first kappa shape index (κ1) is 23.8. The number of halogens is 1. The van der Waals surface area contributed by atoms with Gasteiger partial charge in [-0.2, -0.15) is 0 Å². The van der Waals surface area contributed by atoms with Crippen LogP contribution < -0.4 is 14.8 Å². The number of nitrogens with one attached hydrogen (secondary N) is 1. The van der Waals surface area contributed by atoms with Crippen molar-refractivity contribution >= 4 is 29.9 Å². The minimum atomic E-state index is 0. The van der Waals surface area contributed by atoms with E-state index in [2.05, 4.69) is 27.3 Å². The summed E-state index contributed by atoms with van der Waals surface area (Å²) in [6.07, 6.45) is 3.19. The molecular formula is C20H34IN3O3. The van der Waals surface area contributed by atoms with Gasteiger partial charge in [-0.3, -0.25) is 4.99 Å². The standard InChI is InChI=1S/C20H33N3O3.HI/c1-5-26-19-13-16(8-9-18(19)25-4)7-6-11-22-20(21-2)23-12-10-17(14-23)15-24-3;/h8-9,13,17H,5-7,10-12,14-15H2,1-4H3,(H,21,22);1H. The number of ether oxygens (including phenoxy) is 3. The van der Waals surface area contributed by atoms with Gasteiger partial charge in [0, 0.05) is 39.7 Å². The van der Waals surface area contributed by atoms with E-state index in [0.717, 1.165) is 56.5 Å².